The van der Waals surface area contributed by atoms with E-state index in [1.807, 2.05) is 44.3 Å². The summed E-state index contributed by atoms with van der Waals surface area (Å²) >= 11 is 3.66. The molecule has 0 amide bonds. The van der Waals surface area contributed by atoms with E-state index in [-0.39, 0.29) is 64.0 Å². The van der Waals surface area contributed by atoms with E-state index >= 15 is 4.79 Å². The molecule has 0 aromatic heterocycles. The minimum absolute atomic E-state index is 0.0670. The number of Topliss-reactive ketones (excluding diaryl/α,β-unsaturated/α-hetero) is 1. The molecule has 0 radical (unpaired) electrons. The number of unbranched alkanes of at least 4 members (excludes halogenated alkanes) is 1. The minimum Gasteiger partial charge on any atom is -0.465 e. The molecule has 0 saturated carbocycles. The van der Waals surface area contributed by atoms with Crippen molar-refractivity contribution in [2.75, 3.05) is 24.7 Å². The lowest BCUT2D eigenvalue weighted by Crippen LogP contribution is -2.63. The van der Waals surface area contributed by atoms with Crippen LogP contribution < -0.4 is 0 Å². The lowest BCUT2D eigenvalue weighted by molar-refractivity contribution is -0.355. The first-order valence-electron chi connectivity index (χ1n) is 22.5. The fraction of sp³-hybridized carbons (Fsp3) is 0.830. The van der Waals surface area contributed by atoms with Gasteiger partial charge in [0.25, 0.3) is 0 Å². The van der Waals surface area contributed by atoms with Gasteiger partial charge in [-0.1, -0.05) is 87.1 Å². The Bertz CT molecular complexity index is 1570. The summed E-state index contributed by atoms with van der Waals surface area (Å²) in [5.74, 6) is 0.646. The first-order valence-corrected chi connectivity index (χ1v) is 26.3. The summed E-state index contributed by atoms with van der Waals surface area (Å²) in [5.41, 5.74) is 0.509. The molecule has 59 heavy (non-hydrogen) atoms. The van der Waals surface area contributed by atoms with Crippen molar-refractivity contribution in [2.45, 2.75) is 197 Å². The van der Waals surface area contributed by atoms with Gasteiger partial charge in [0.1, 0.15) is 10.2 Å². The molecule has 2 spiro atoms. The van der Waals surface area contributed by atoms with Gasteiger partial charge in [0.2, 0.25) is 0 Å². The van der Waals surface area contributed by atoms with Crippen molar-refractivity contribution in [1.29, 1.82) is 0 Å². The number of ether oxygens (including phenoxy) is 5. The zero-order valence-corrected chi connectivity index (χ0v) is 41.0. The fourth-order valence-electron chi connectivity index (χ4n) is 10.4. The van der Waals surface area contributed by atoms with E-state index in [0.717, 1.165) is 55.6 Å². The second-order valence-electron chi connectivity index (χ2n) is 21.5. The molecule has 334 valence electrons. The highest BCUT2D eigenvalue weighted by atomic mass is 32.2. The fourth-order valence-corrected chi connectivity index (χ4v) is 19.0. The summed E-state index contributed by atoms with van der Waals surface area (Å²) in [6, 6.07) is 0. The number of carbonyl (C=O) groups excluding carboxylic acids is 2. The molecule has 9 nitrogen and oxygen atoms in total. The molecule has 6 aliphatic rings. The number of hydrogen-bond acceptors (Lipinski definition) is 11. The molecule has 0 aromatic rings. The van der Waals surface area contributed by atoms with E-state index in [9.17, 15) is 4.79 Å². The van der Waals surface area contributed by atoms with Crippen LogP contribution in [0.4, 0.5) is 0 Å². The third-order valence-corrected chi connectivity index (χ3v) is 22.3. The highest BCUT2D eigenvalue weighted by molar-refractivity contribution is 8.20. The summed E-state index contributed by atoms with van der Waals surface area (Å²) in [4.78, 5) is 27.1. The zero-order chi connectivity index (χ0) is 43.2. The van der Waals surface area contributed by atoms with Crippen molar-refractivity contribution in [3.63, 3.8) is 0 Å². The van der Waals surface area contributed by atoms with Crippen LogP contribution in [0.15, 0.2) is 36.5 Å². The van der Waals surface area contributed by atoms with Crippen molar-refractivity contribution < 1.29 is 42.1 Å². The molecule has 5 saturated heterocycles. The number of rotatable bonds is 11. The van der Waals surface area contributed by atoms with Crippen LogP contribution in [0.3, 0.4) is 0 Å². The topological polar surface area (TPSA) is 98.8 Å². The van der Waals surface area contributed by atoms with Crippen molar-refractivity contribution >= 4 is 43.8 Å². The number of allylic oxidation sites excluding steroid dienone is 1. The van der Waals surface area contributed by atoms with E-state index < -0.39 is 35.7 Å². The first-order chi connectivity index (χ1) is 27.5. The summed E-state index contributed by atoms with van der Waals surface area (Å²) in [6.45, 7) is 31.2. The molecule has 0 bridgehead atoms. The normalized spacial score (nSPS) is 35.9. The van der Waals surface area contributed by atoms with Gasteiger partial charge in [-0.15, -0.1) is 23.5 Å². The van der Waals surface area contributed by atoms with Crippen molar-refractivity contribution in [2.24, 2.45) is 23.2 Å². The number of hydrogen-bond donors (Lipinski definition) is 0. The van der Waals surface area contributed by atoms with Crippen LogP contribution >= 0.6 is 23.5 Å². The smallest absolute Gasteiger partial charge is 0.350 e. The highest BCUT2D eigenvalue weighted by Gasteiger charge is 2.63. The molecule has 10 atom stereocenters. The average molecular weight is 877 g/mol. The van der Waals surface area contributed by atoms with Crippen LogP contribution in [-0.4, -0.2) is 91.2 Å². The van der Waals surface area contributed by atoms with E-state index in [0.29, 0.717) is 32.5 Å². The maximum Gasteiger partial charge on any atom is 0.350 e. The summed E-state index contributed by atoms with van der Waals surface area (Å²) in [7, 11) is -2.69. The predicted octanol–water partition coefficient (Wildman–Crippen LogP) is 10.9. The predicted molar refractivity (Wildman–Crippen MR) is 240 cm³/mol. The molecule has 5 fully saturated rings. The molecule has 0 aromatic carbocycles. The standard InChI is InChI=1S/C47H76O9S2Si/c1-31(39-32(2)30-51-59(55-39,43(8,9)10)44(11,12)13)27-34(4)47(57-25-18-26-58-47)40(48)38-29-37-36(52-38)28-33(3)46(54-37)23-22-45(56-46)21-17-20-35(53-45)19-15-14-16-24-50-41(49)42(5,6)7/h15,17,19,21,31,33-39H,2,14,16,18,20,22-30H2,1,3-13H3/b19-15+/t31-,33-,34+,35+,36-,37-,38+,39-,45-,46-/m0/s1. The SMILES string of the molecule is C=C1CO[Si](C(C)(C)C)(C(C)(C)C)O[C@H]1[C@@H](C)C[C@@H](C)C1(C(=O)[C@H]2C[C@@H]3O[C@]4(CC[C@]5(C=CC[C@@H](/C=C/CCCOC(=O)C(C)(C)C)O5)O4)[C@@H](C)C[C@@H]3O2)SCCCS1. The quantitative estimate of drug-likeness (QED) is 0.0859. The van der Waals surface area contributed by atoms with Crippen molar-refractivity contribution in [3.8, 4) is 0 Å². The lowest BCUT2D eigenvalue weighted by atomic mass is 9.85. The maximum absolute atomic E-state index is 15.0. The van der Waals surface area contributed by atoms with Gasteiger partial charge in [-0.2, -0.15) is 0 Å². The van der Waals surface area contributed by atoms with Crippen LogP contribution in [0.1, 0.15) is 141 Å². The Balaban J connectivity index is 1.08. The Hall–Kier alpha value is -0.963. The van der Waals surface area contributed by atoms with Gasteiger partial charge in [0.15, 0.2) is 17.4 Å². The van der Waals surface area contributed by atoms with Gasteiger partial charge in [0, 0.05) is 35.3 Å². The average Bonchev–Trinajstić information content (AvgIpc) is 3.72. The third kappa shape index (κ3) is 9.76. The molecule has 6 aliphatic heterocycles. The Morgan fingerprint density at radius 1 is 1.00 bits per heavy atom. The number of carbonyl (C=O) groups is 2. The molecule has 6 rings (SSSR count). The summed E-state index contributed by atoms with van der Waals surface area (Å²) in [5, 5.41) is -0.235. The van der Waals surface area contributed by atoms with Gasteiger partial charge < -0.3 is 32.5 Å². The second kappa shape index (κ2) is 17.9. The van der Waals surface area contributed by atoms with Crippen LogP contribution in [0.2, 0.25) is 10.1 Å². The van der Waals surface area contributed by atoms with Gasteiger partial charge in [-0.3, -0.25) is 9.59 Å². The van der Waals surface area contributed by atoms with E-state index in [2.05, 4.69) is 93.2 Å². The van der Waals surface area contributed by atoms with Gasteiger partial charge in [-0.25, -0.2) is 0 Å². The van der Waals surface area contributed by atoms with Gasteiger partial charge >= 0.3 is 14.5 Å². The molecular formula is C47H76O9S2Si. The van der Waals surface area contributed by atoms with Gasteiger partial charge in [0.05, 0.1) is 43.0 Å². The van der Waals surface area contributed by atoms with Crippen molar-refractivity contribution in [3.05, 3.63) is 36.5 Å². The van der Waals surface area contributed by atoms with Gasteiger partial charge in [-0.05, 0) is 94.3 Å². The molecule has 0 unspecified atom stereocenters. The lowest BCUT2D eigenvalue weighted by Gasteiger charge is -2.54. The Kier molecular flexibility index (Phi) is 14.4. The first kappa shape index (κ1) is 47.5. The van der Waals surface area contributed by atoms with Crippen molar-refractivity contribution in [1.82, 2.24) is 0 Å². The number of thioether (sulfide) groups is 2. The molecule has 6 heterocycles. The number of fused-ring (bicyclic) bond motifs is 1. The molecule has 12 heteroatoms. The van der Waals surface area contributed by atoms with E-state index in [1.165, 1.54) is 0 Å². The van der Waals surface area contributed by atoms with Crippen LogP contribution in [-0.2, 0) is 42.1 Å². The Labute approximate surface area is 365 Å². The second-order valence-corrected chi connectivity index (χ2v) is 29.2. The van der Waals surface area contributed by atoms with Crippen LogP contribution in [0.5, 0.6) is 0 Å². The summed E-state index contributed by atoms with van der Waals surface area (Å²) in [6.07, 6.45) is 14.3. The number of ketones is 1. The molecular weight excluding hydrogens is 801 g/mol. The highest BCUT2D eigenvalue weighted by Crippen LogP contribution is 2.58. The van der Waals surface area contributed by atoms with Crippen LogP contribution in [0.25, 0.3) is 0 Å². The van der Waals surface area contributed by atoms with E-state index in [1.54, 1.807) is 0 Å². The molecule has 0 N–H and O–H groups in total. The monoisotopic (exact) mass is 876 g/mol. The molecule has 0 aliphatic carbocycles. The Morgan fingerprint density at radius 3 is 2.36 bits per heavy atom. The minimum atomic E-state index is -2.69. The van der Waals surface area contributed by atoms with Crippen LogP contribution in [0, 0.1) is 23.2 Å². The largest absolute Gasteiger partial charge is 0.465 e. The van der Waals surface area contributed by atoms with E-state index in [4.69, 9.17) is 32.5 Å². The maximum atomic E-state index is 15.0. The summed E-state index contributed by atoms with van der Waals surface area (Å²) < 4.78 is 46.0. The Morgan fingerprint density at radius 2 is 1.69 bits per heavy atom. The number of esters is 1. The third-order valence-electron chi connectivity index (χ3n) is 13.4. The zero-order valence-electron chi connectivity index (χ0n) is 38.3.